The lowest BCUT2D eigenvalue weighted by molar-refractivity contribution is 0.0905. The molecule has 0 fully saturated rings. The summed E-state index contributed by atoms with van der Waals surface area (Å²) < 4.78 is 5.66. The summed E-state index contributed by atoms with van der Waals surface area (Å²) in [5, 5.41) is 3.09. The zero-order valence-electron chi connectivity index (χ0n) is 13.3. The largest absolute Gasteiger partial charge is 0.435 e. The molecule has 1 amide bonds. The number of fused-ring (bicyclic) bond motifs is 1. The monoisotopic (exact) mass is 298 g/mol. The van der Waals surface area contributed by atoms with Crippen molar-refractivity contribution in [3.8, 4) is 0 Å². The summed E-state index contributed by atoms with van der Waals surface area (Å²) in [5.41, 5.74) is 3.21. The molecule has 1 N–H and O–H groups in total. The van der Waals surface area contributed by atoms with E-state index in [1.54, 1.807) is 0 Å². The minimum Gasteiger partial charge on any atom is -0.435 e. The van der Waals surface area contributed by atoms with E-state index in [2.05, 4.69) is 36.3 Å². The zero-order chi connectivity index (χ0) is 15.7. The van der Waals surface area contributed by atoms with Gasteiger partial charge in [-0.1, -0.05) is 38.1 Å². The molecule has 22 heavy (non-hydrogen) atoms. The van der Waals surface area contributed by atoms with Crippen LogP contribution >= 0.6 is 0 Å². The lowest BCUT2D eigenvalue weighted by Crippen LogP contribution is -2.27. The van der Waals surface area contributed by atoms with Gasteiger partial charge in [0, 0.05) is 6.42 Å². The van der Waals surface area contributed by atoms with E-state index in [0.29, 0.717) is 23.3 Å². The second kappa shape index (κ2) is 5.95. The standard InChI is InChI=1S/C18H22N2O2/c1-11(2)10-16-19-12(3)17(22-16)18(21)20-15-9-8-13-6-4-5-7-14(13)15/h4-7,11,15H,8-10H2,1-3H3,(H,20,21)/t15-/m0/s1. The molecule has 1 heterocycles. The van der Waals surface area contributed by atoms with Gasteiger partial charge in [-0.05, 0) is 36.8 Å². The van der Waals surface area contributed by atoms with E-state index in [1.807, 2.05) is 19.1 Å². The number of carbonyl (C=O) groups excluding carboxylic acids is 1. The zero-order valence-corrected chi connectivity index (χ0v) is 13.3. The van der Waals surface area contributed by atoms with Crippen LogP contribution in [0, 0.1) is 12.8 Å². The molecule has 2 aromatic rings. The fourth-order valence-electron chi connectivity index (χ4n) is 3.03. The van der Waals surface area contributed by atoms with Crippen LogP contribution in [-0.4, -0.2) is 10.9 Å². The smallest absolute Gasteiger partial charge is 0.289 e. The van der Waals surface area contributed by atoms with Crippen molar-refractivity contribution in [2.45, 2.75) is 46.1 Å². The summed E-state index contributed by atoms with van der Waals surface area (Å²) in [6.07, 6.45) is 2.70. The number of hydrogen-bond acceptors (Lipinski definition) is 3. The topological polar surface area (TPSA) is 55.1 Å². The number of hydrogen-bond donors (Lipinski definition) is 1. The summed E-state index contributed by atoms with van der Waals surface area (Å²) in [7, 11) is 0. The molecule has 0 saturated heterocycles. The highest BCUT2D eigenvalue weighted by molar-refractivity contribution is 5.92. The first-order valence-corrected chi connectivity index (χ1v) is 7.89. The van der Waals surface area contributed by atoms with Crippen LogP contribution in [0.5, 0.6) is 0 Å². The fourth-order valence-corrected chi connectivity index (χ4v) is 3.03. The third kappa shape index (κ3) is 2.91. The van der Waals surface area contributed by atoms with E-state index < -0.39 is 0 Å². The molecule has 4 heteroatoms. The second-order valence-corrected chi connectivity index (χ2v) is 6.38. The predicted octanol–water partition coefficient (Wildman–Crippen LogP) is 3.60. The Morgan fingerprint density at radius 1 is 1.41 bits per heavy atom. The molecule has 0 aliphatic heterocycles. The van der Waals surface area contributed by atoms with Crippen LogP contribution < -0.4 is 5.32 Å². The maximum atomic E-state index is 12.5. The Morgan fingerprint density at radius 3 is 2.95 bits per heavy atom. The number of benzene rings is 1. The van der Waals surface area contributed by atoms with Gasteiger partial charge in [-0.25, -0.2) is 4.98 Å². The van der Waals surface area contributed by atoms with Gasteiger partial charge in [-0.3, -0.25) is 4.79 Å². The van der Waals surface area contributed by atoms with Crippen LogP contribution in [0.4, 0.5) is 0 Å². The van der Waals surface area contributed by atoms with Gasteiger partial charge in [0.1, 0.15) is 0 Å². The minimum atomic E-state index is -0.165. The summed E-state index contributed by atoms with van der Waals surface area (Å²) in [6, 6.07) is 8.35. The molecule has 1 atom stereocenters. The van der Waals surface area contributed by atoms with Crippen molar-refractivity contribution in [1.29, 1.82) is 0 Å². The van der Waals surface area contributed by atoms with Gasteiger partial charge < -0.3 is 9.73 Å². The normalized spacial score (nSPS) is 16.8. The highest BCUT2D eigenvalue weighted by Crippen LogP contribution is 2.31. The third-order valence-corrected chi connectivity index (χ3v) is 4.07. The number of aromatic nitrogens is 1. The number of aryl methyl sites for hydroxylation is 2. The molecular weight excluding hydrogens is 276 g/mol. The Bertz CT molecular complexity index is 688. The van der Waals surface area contributed by atoms with E-state index in [0.717, 1.165) is 19.3 Å². The molecule has 1 aliphatic carbocycles. The Hall–Kier alpha value is -2.10. The number of oxazole rings is 1. The molecule has 3 rings (SSSR count). The number of carbonyl (C=O) groups is 1. The fraction of sp³-hybridized carbons (Fsp3) is 0.444. The molecule has 0 spiro atoms. The lowest BCUT2D eigenvalue weighted by atomic mass is 10.1. The first-order chi connectivity index (χ1) is 10.5. The van der Waals surface area contributed by atoms with Gasteiger partial charge in [-0.2, -0.15) is 0 Å². The molecule has 0 bridgehead atoms. The summed E-state index contributed by atoms with van der Waals surface area (Å²) in [6.45, 7) is 6.04. The Balaban J connectivity index is 1.74. The number of rotatable bonds is 4. The quantitative estimate of drug-likeness (QED) is 0.938. The molecule has 0 unspecified atom stereocenters. The molecule has 0 saturated carbocycles. The molecule has 4 nitrogen and oxygen atoms in total. The maximum absolute atomic E-state index is 12.5. The molecule has 0 radical (unpaired) electrons. The molecule has 1 aliphatic rings. The van der Waals surface area contributed by atoms with Crippen molar-refractivity contribution in [3.63, 3.8) is 0 Å². The van der Waals surface area contributed by atoms with Gasteiger partial charge >= 0.3 is 0 Å². The highest BCUT2D eigenvalue weighted by atomic mass is 16.4. The van der Waals surface area contributed by atoms with Crippen LogP contribution in [0.3, 0.4) is 0 Å². The van der Waals surface area contributed by atoms with Gasteiger partial charge in [0.05, 0.1) is 11.7 Å². The van der Waals surface area contributed by atoms with Gasteiger partial charge in [0.15, 0.2) is 5.89 Å². The summed E-state index contributed by atoms with van der Waals surface area (Å²) in [4.78, 5) is 16.8. The number of nitrogens with one attached hydrogen (secondary N) is 1. The molecular formula is C18H22N2O2. The van der Waals surface area contributed by atoms with Crippen LogP contribution in [0.2, 0.25) is 0 Å². The van der Waals surface area contributed by atoms with Crippen LogP contribution in [-0.2, 0) is 12.8 Å². The van der Waals surface area contributed by atoms with Crippen molar-refractivity contribution in [2.75, 3.05) is 0 Å². The van der Waals surface area contributed by atoms with E-state index in [9.17, 15) is 4.79 Å². The summed E-state index contributed by atoms with van der Waals surface area (Å²) in [5.74, 6) is 1.28. The van der Waals surface area contributed by atoms with E-state index in [1.165, 1.54) is 11.1 Å². The van der Waals surface area contributed by atoms with Crippen LogP contribution in [0.15, 0.2) is 28.7 Å². The average molecular weight is 298 g/mol. The Morgan fingerprint density at radius 2 is 2.18 bits per heavy atom. The van der Waals surface area contributed by atoms with Crippen molar-refractivity contribution >= 4 is 5.91 Å². The van der Waals surface area contributed by atoms with Crippen molar-refractivity contribution in [3.05, 3.63) is 52.7 Å². The predicted molar refractivity (Wildman–Crippen MR) is 84.8 cm³/mol. The SMILES string of the molecule is Cc1nc(CC(C)C)oc1C(=O)N[C@H]1CCc2ccccc21. The highest BCUT2D eigenvalue weighted by Gasteiger charge is 2.26. The van der Waals surface area contributed by atoms with E-state index in [4.69, 9.17) is 4.42 Å². The summed E-state index contributed by atoms with van der Waals surface area (Å²) >= 11 is 0. The molecule has 1 aromatic heterocycles. The number of amides is 1. The first kappa shape index (κ1) is 14.8. The second-order valence-electron chi connectivity index (χ2n) is 6.38. The van der Waals surface area contributed by atoms with Gasteiger partial charge in [-0.15, -0.1) is 0 Å². The van der Waals surface area contributed by atoms with Gasteiger partial charge in [0.25, 0.3) is 5.91 Å². The van der Waals surface area contributed by atoms with Crippen LogP contribution in [0.25, 0.3) is 0 Å². The van der Waals surface area contributed by atoms with Crippen molar-refractivity contribution in [1.82, 2.24) is 10.3 Å². The minimum absolute atomic E-state index is 0.0711. The lowest BCUT2D eigenvalue weighted by Gasteiger charge is -2.13. The Kier molecular flexibility index (Phi) is 4.01. The van der Waals surface area contributed by atoms with Crippen LogP contribution in [0.1, 0.15) is 59.6 Å². The third-order valence-electron chi connectivity index (χ3n) is 4.07. The average Bonchev–Trinajstić information content (AvgIpc) is 3.02. The van der Waals surface area contributed by atoms with Crippen molar-refractivity contribution < 1.29 is 9.21 Å². The van der Waals surface area contributed by atoms with E-state index >= 15 is 0 Å². The van der Waals surface area contributed by atoms with Gasteiger partial charge in [0.2, 0.25) is 5.76 Å². The molecule has 1 aromatic carbocycles. The molecule has 116 valence electrons. The van der Waals surface area contributed by atoms with E-state index in [-0.39, 0.29) is 11.9 Å². The maximum Gasteiger partial charge on any atom is 0.289 e. The Labute approximate surface area is 130 Å². The van der Waals surface area contributed by atoms with Crippen molar-refractivity contribution in [2.24, 2.45) is 5.92 Å². The first-order valence-electron chi connectivity index (χ1n) is 7.89. The number of nitrogens with zero attached hydrogens (tertiary/aromatic N) is 1.